The van der Waals surface area contributed by atoms with Gasteiger partial charge in [0, 0.05) is 0 Å². The number of unbranched alkanes of at least 4 members (excludes halogenated alkanes) is 5. The Balaban J connectivity index is 1.75. The molecule has 0 aliphatic carbocycles. The van der Waals surface area contributed by atoms with Gasteiger partial charge in [-0.15, -0.1) is 0 Å². The van der Waals surface area contributed by atoms with E-state index in [1.54, 1.807) is 11.3 Å². The molecular formula is C16H22S. The topological polar surface area (TPSA) is 0 Å². The lowest BCUT2D eigenvalue weighted by Gasteiger charge is -2.02. The fraction of sp³-hybridized carbons (Fsp3) is 0.500. The zero-order chi connectivity index (χ0) is 11.9. The summed E-state index contributed by atoms with van der Waals surface area (Å²) in [5, 5.41) is 7.28. The summed E-state index contributed by atoms with van der Waals surface area (Å²) in [6.45, 7) is 2.27. The number of rotatable bonds is 7. The van der Waals surface area contributed by atoms with Crippen LogP contribution in [0.25, 0.3) is 10.8 Å². The molecule has 0 amide bonds. The molecule has 92 valence electrons. The number of fused-ring (bicyclic) bond motifs is 1. The summed E-state index contributed by atoms with van der Waals surface area (Å²) in [5.74, 6) is 0. The summed E-state index contributed by atoms with van der Waals surface area (Å²) < 4.78 is 0. The zero-order valence-corrected chi connectivity index (χ0v) is 11.6. The molecule has 0 N–H and O–H groups in total. The van der Waals surface area contributed by atoms with E-state index in [2.05, 4.69) is 35.9 Å². The molecule has 0 saturated heterocycles. The number of hydrogen-bond acceptors (Lipinski definition) is 1. The quantitative estimate of drug-likeness (QED) is 0.541. The Morgan fingerprint density at radius 3 is 2.53 bits per heavy atom. The van der Waals surface area contributed by atoms with Crippen molar-refractivity contribution in [2.24, 2.45) is 0 Å². The Hall–Kier alpha value is -0.820. The van der Waals surface area contributed by atoms with E-state index in [0.29, 0.717) is 0 Å². The fourth-order valence-electron chi connectivity index (χ4n) is 2.28. The lowest BCUT2D eigenvalue weighted by atomic mass is 10.0. The minimum atomic E-state index is 1.25. The molecule has 1 aromatic heterocycles. The van der Waals surface area contributed by atoms with Crippen molar-refractivity contribution < 1.29 is 0 Å². The Morgan fingerprint density at radius 2 is 1.65 bits per heavy atom. The van der Waals surface area contributed by atoms with E-state index in [-0.39, 0.29) is 0 Å². The molecule has 0 spiro atoms. The molecule has 1 heteroatoms. The lowest BCUT2D eigenvalue weighted by Crippen LogP contribution is -1.86. The third-order valence-electron chi connectivity index (χ3n) is 3.36. The molecule has 0 bridgehead atoms. The molecule has 0 saturated carbocycles. The van der Waals surface area contributed by atoms with E-state index in [9.17, 15) is 0 Å². The third-order valence-corrected chi connectivity index (χ3v) is 4.14. The van der Waals surface area contributed by atoms with Crippen molar-refractivity contribution in [3.05, 3.63) is 34.5 Å². The van der Waals surface area contributed by atoms with Crippen molar-refractivity contribution in [3.63, 3.8) is 0 Å². The van der Waals surface area contributed by atoms with Gasteiger partial charge in [0.1, 0.15) is 0 Å². The largest absolute Gasteiger partial charge is 0.151 e. The van der Waals surface area contributed by atoms with Gasteiger partial charge in [-0.25, -0.2) is 0 Å². The predicted molar refractivity (Wildman–Crippen MR) is 78.9 cm³/mol. The SMILES string of the molecule is CCCCCCCCc1ccc2cscc2c1. The Kier molecular flexibility index (Phi) is 5.06. The smallest absolute Gasteiger partial charge is 0.00144 e. The number of aryl methyl sites for hydroxylation is 1. The first-order valence-corrected chi connectivity index (χ1v) is 7.79. The van der Waals surface area contributed by atoms with Gasteiger partial charge in [0.15, 0.2) is 0 Å². The predicted octanol–water partition coefficient (Wildman–Crippen LogP) is 5.80. The highest BCUT2D eigenvalue weighted by atomic mass is 32.1. The maximum absolute atomic E-state index is 2.36. The maximum Gasteiger partial charge on any atom is -0.00144 e. The average Bonchev–Trinajstić information content (AvgIpc) is 2.81. The van der Waals surface area contributed by atoms with E-state index >= 15 is 0 Å². The summed E-state index contributed by atoms with van der Waals surface area (Å²) in [5.41, 5.74) is 1.51. The first kappa shape index (κ1) is 12.6. The third kappa shape index (κ3) is 3.85. The second-order valence-electron chi connectivity index (χ2n) is 4.85. The molecule has 1 heterocycles. The van der Waals surface area contributed by atoms with Crippen LogP contribution in [0.15, 0.2) is 29.0 Å². The van der Waals surface area contributed by atoms with E-state index in [0.717, 1.165) is 0 Å². The second kappa shape index (κ2) is 6.80. The minimum absolute atomic E-state index is 1.25. The van der Waals surface area contributed by atoms with Gasteiger partial charge >= 0.3 is 0 Å². The van der Waals surface area contributed by atoms with Crippen molar-refractivity contribution in [1.29, 1.82) is 0 Å². The van der Waals surface area contributed by atoms with Gasteiger partial charge in [0.05, 0.1) is 0 Å². The first-order valence-electron chi connectivity index (χ1n) is 6.85. The van der Waals surface area contributed by atoms with Crippen molar-refractivity contribution in [2.45, 2.75) is 51.9 Å². The van der Waals surface area contributed by atoms with E-state index in [1.807, 2.05) is 0 Å². The van der Waals surface area contributed by atoms with Gasteiger partial charge in [-0.3, -0.25) is 0 Å². The van der Waals surface area contributed by atoms with Crippen LogP contribution in [-0.2, 0) is 6.42 Å². The standard InChI is InChI=1S/C16H22S/c1-2-3-4-5-6-7-8-14-9-10-15-12-17-13-16(15)11-14/h9-13H,2-8H2,1H3. The molecule has 0 nitrogen and oxygen atoms in total. The molecule has 1 aromatic carbocycles. The van der Waals surface area contributed by atoms with Gasteiger partial charge in [-0.2, -0.15) is 11.3 Å². The van der Waals surface area contributed by atoms with Crippen LogP contribution in [0.3, 0.4) is 0 Å². The van der Waals surface area contributed by atoms with Gasteiger partial charge in [-0.05, 0) is 39.9 Å². The normalized spacial score (nSPS) is 11.1. The molecule has 0 atom stereocenters. The second-order valence-corrected chi connectivity index (χ2v) is 5.60. The monoisotopic (exact) mass is 246 g/mol. The van der Waals surface area contributed by atoms with Crippen LogP contribution < -0.4 is 0 Å². The Bertz CT molecular complexity index is 441. The molecule has 0 aliphatic rings. The van der Waals surface area contributed by atoms with Crippen LogP contribution in [0.4, 0.5) is 0 Å². The molecule has 2 aromatic rings. The summed E-state index contributed by atoms with van der Waals surface area (Å²) in [7, 11) is 0. The molecule has 0 aliphatic heterocycles. The molecule has 0 unspecified atom stereocenters. The van der Waals surface area contributed by atoms with E-state index in [1.165, 1.54) is 61.3 Å². The highest BCUT2D eigenvalue weighted by molar-refractivity contribution is 7.09. The summed E-state index contributed by atoms with van der Waals surface area (Å²) in [6.07, 6.45) is 9.56. The van der Waals surface area contributed by atoms with Gasteiger partial charge < -0.3 is 0 Å². The van der Waals surface area contributed by atoms with Crippen LogP contribution in [0.2, 0.25) is 0 Å². The van der Waals surface area contributed by atoms with Gasteiger partial charge in [-0.1, -0.05) is 57.2 Å². The van der Waals surface area contributed by atoms with Crippen molar-refractivity contribution in [1.82, 2.24) is 0 Å². The van der Waals surface area contributed by atoms with E-state index in [4.69, 9.17) is 0 Å². The molecular weight excluding hydrogens is 224 g/mol. The van der Waals surface area contributed by atoms with Crippen LogP contribution in [-0.4, -0.2) is 0 Å². The minimum Gasteiger partial charge on any atom is -0.151 e. The molecule has 17 heavy (non-hydrogen) atoms. The van der Waals surface area contributed by atoms with Crippen molar-refractivity contribution in [3.8, 4) is 0 Å². The summed E-state index contributed by atoms with van der Waals surface area (Å²) >= 11 is 1.80. The molecule has 0 fully saturated rings. The zero-order valence-electron chi connectivity index (χ0n) is 10.7. The summed E-state index contributed by atoms with van der Waals surface area (Å²) in [4.78, 5) is 0. The number of benzene rings is 1. The fourth-order valence-corrected chi connectivity index (χ4v) is 3.06. The van der Waals surface area contributed by atoms with Crippen molar-refractivity contribution >= 4 is 22.1 Å². The van der Waals surface area contributed by atoms with E-state index < -0.39 is 0 Å². The Morgan fingerprint density at radius 1 is 0.882 bits per heavy atom. The maximum atomic E-state index is 2.36. The highest BCUT2D eigenvalue weighted by Gasteiger charge is 1.97. The van der Waals surface area contributed by atoms with Crippen LogP contribution in [0, 0.1) is 0 Å². The van der Waals surface area contributed by atoms with Crippen LogP contribution >= 0.6 is 11.3 Å². The highest BCUT2D eigenvalue weighted by Crippen LogP contribution is 2.21. The molecule has 0 radical (unpaired) electrons. The van der Waals surface area contributed by atoms with Gasteiger partial charge in [0.25, 0.3) is 0 Å². The average molecular weight is 246 g/mol. The van der Waals surface area contributed by atoms with Crippen LogP contribution in [0.5, 0.6) is 0 Å². The summed E-state index contributed by atoms with van der Waals surface area (Å²) in [6, 6.07) is 6.91. The molecule has 2 rings (SSSR count). The lowest BCUT2D eigenvalue weighted by molar-refractivity contribution is 0.607. The number of hydrogen-bond donors (Lipinski definition) is 0. The van der Waals surface area contributed by atoms with Crippen LogP contribution in [0.1, 0.15) is 51.0 Å². The van der Waals surface area contributed by atoms with Gasteiger partial charge in [0.2, 0.25) is 0 Å². The first-order chi connectivity index (χ1) is 8.40. The Labute approximate surface area is 109 Å². The number of thiophene rings is 1. The van der Waals surface area contributed by atoms with Crippen molar-refractivity contribution in [2.75, 3.05) is 0 Å².